The molecule has 1 amide bonds. The Morgan fingerprint density at radius 3 is 2.59 bits per heavy atom. The minimum Gasteiger partial charge on any atom is -0.299 e. The summed E-state index contributed by atoms with van der Waals surface area (Å²) in [6.45, 7) is 3.47. The Morgan fingerprint density at radius 2 is 2.00 bits per heavy atom. The van der Waals surface area contributed by atoms with Crippen LogP contribution in [-0.2, 0) is 14.8 Å². The van der Waals surface area contributed by atoms with Crippen LogP contribution in [0.4, 0.5) is 5.13 Å². The Balaban J connectivity index is 1.57. The van der Waals surface area contributed by atoms with E-state index >= 15 is 0 Å². The van der Waals surface area contributed by atoms with Gasteiger partial charge >= 0.3 is 0 Å². The number of carbonyl (C=O) groups excluding carboxylic acids is 1. The van der Waals surface area contributed by atoms with Crippen molar-refractivity contribution >= 4 is 59.9 Å². The van der Waals surface area contributed by atoms with E-state index in [9.17, 15) is 13.2 Å². The molecule has 1 aromatic carbocycles. The number of hydrogen-bond acceptors (Lipinski definition) is 7. The second-order valence-corrected chi connectivity index (χ2v) is 10.3. The number of aryl methyl sites for hydroxylation is 1. The summed E-state index contributed by atoms with van der Waals surface area (Å²) in [4.78, 5) is 14.1. The summed E-state index contributed by atoms with van der Waals surface area (Å²) in [5, 5.41) is 11.8. The first-order chi connectivity index (χ1) is 12.8. The Bertz CT molecular complexity index is 945. The number of anilines is 1. The summed E-state index contributed by atoms with van der Waals surface area (Å²) in [5.74, 6) is -0.196. The van der Waals surface area contributed by atoms with Crippen LogP contribution in [0.1, 0.15) is 5.01 Å². The van der Waals surface area contributed by atoms with E-state index in [1.54, 1.807) is 12.1 Å². The predicted octanol–water partition coefficient (Wildman–Crippen LogP) is 2.21. The van der Waals surface area contributed by atoms with Gasteiger partial charge in [0.15, 0.2) is 0 Å². The molecule has 0 unspecified atom stereocenters. The van der Waals surface area contributed by atoms with Crippen LogP contribution >= 0.6 is 38.9 Å². The third-order valence-electron chi connectivity index (χ3n) is 3.98. The van der Waals surface area contributed by atoms with Crippen molar-refractivity contribution in [3.8, 4) is 0 Å². The van der Waals surface area contributed by atoms with Gasteiger partial charge in [-0.2, -0.15) is 4.31 Å². The van der Waals surface area contributed by atoms with Crippen LogP contribution in [0.25, 0.3) is 0 Å². The molecule has 1 aliphatic heterocycles. The molecular formula is C15H17BrClN5O3S2. The van der Waals surface area contributed by atoms with Crippen molar-refractivity contribution in [2.75, 3.05) is 38.0 Å². The molecule has 1 saturated heterocycles. The zero-order valence-electron chi connectivity index (χ0n) is 14.4. The molecule has 1 N–H and O–H groups in total. The highest BCUT2D eigenvalue weighted by Crippen LogP contribution is 2.28. The van der Waals surface area contributed by atoms with Crippen molar-refractivity contribution in [2.24, 2.45) is 0 Å². The molecule has 1 aromatic heterocycles. The Labute approximate surface area is 174 Å². The molecule has 12 heteroatoms. The van der Waals surface area contributed by atoms with Crippen LogP contribution in [0.5, 0.6) is 0 Å². The molecule has 0 atom stereocenters. The Morgan fingerprint density at radius 1 is 1.30 bits per heavy atom. The van der Waals surface area contributed by atoms with Gasteiger partial charge in [-0.15, -0.1) is 10.2 Å². The summed E-state index contributed by atoms with van der Waals surface area (Å²) in [6.07, 6.45) is 0. The number of carbonyl (C=O) groups is 1. The molecule has 3 rings (SSSR count). The third-order valence-corrected chi connectivity index (χ3v) is 7.61. The standard InChI is InChI=1S/C15H17BrClN5O3S2/c1-10-19-20-15(26-10)18-14(23)9-21-4-6-22(7-5-21)27(24,25)13-3-2-11(16)8-12(13)17/h2-3,8H,4-7,9H2,1H3,(H,18,20,23). The maximum absolute atomic E-state index is 12.8. The first-order valence-corrected chi connectivity index (χ1v) is 11.5. The first kappa shape index (κ1) is 20.6. The van der Waals surface area contributed by atoms with Crippen molar-refractivity contribution in [1.29, 1.82) is 0 Å². The smallest absolute Gasteiger partial charge is 0.244 e. The average Bonchev–Trinajstić information content (AvgIpc) is 2.99. The van der Waals surface area contributed by atoms with E-state index in [1.807, 2.05) is 11.8 Å². The fourth-order valence-electron chi connectivity index (χ4n) is 2.66. The minimum atomic E-state index is -3.67. The van der Waals surface area contributed by atoms with Crippen LogP contribution in [0.2, 0.25) is 5.02 Å². The summed E-state index contributed by atoms with van der Waals surface area (Å²) in [6, 6.07) is 4.70. The van der Waals surface area contributed by atoms with Gasteiger partial charge in [-0.3, -0.25) is 15.0 Å². The number of piperazine rings is 1. The molecule has 27 heavy (non-hydrogen) atoms. The van der Waals surface area contributed by atoms with E-state index in [-0.39, 0.29) is 22.4 Å². The third kappa shape index (κ3) is 5.04. The number of amides is 1. The Hall–Kier alpha value is -1.11. The van der Waals surface area contributed by atoms with Gasteiger partial charge in [0.05, 0.1) is 11.6 Å². The number of aromatic nitrogens is 2. The number of rotatable bonds is 5. The van der Waals surface area contributed by atoms with E-state index < -0.39 is 10.0 Å². The van der Waals surface area contributed by atoms with Crippen LogP contribution in [0, 0.1) is 6.92 Å². The number of hydrogen-bond donors (Lipinski definition) is 1. The van der Waals surface area contributed by atoms with Crippen LogP contribution in [-0.4, -0.2) is 66.5 Å². The van der Waals surface area contributed by atoms with Gasteiger partial charge in [0, 0.05) is 30.7 Å². The van der Waals surface area contributed by atoms with Gasteiger partial charge in [-0.1, -0.05) is 38.9 Å². The molecule has 0 aliphatic carbocycles. The number of benzene rings is 1. The highest BCUT2D eigenvalue weighted by Gasteiger charge is 2.30. The summed E-state index contributed by atoms with van der Waals surface area (Å²) in [7, 11) is -3.67. The lowest BCUT2D eigenvalue weighted by Gasteiger charge is -2.33. The zero-order chi connectivity index (χ0) is 19.6. The number of nitrogens with one attached hydrogen (secondary N) is 1. The topological polar surface area (TPSA) is 95.5 Å². The quantitative estimate of drug-likeness (QED) is 0.685. The molecule has 146 valence electrons. The average molecular weight is 495 g/mol. The van der Waals surface area contributed by atoms with Crippen molar-refractivity contribution in [3.63, 3.8) is 0 Å². The van der Waals surface area contributed by atoms with Crippen molar-refractivity contribution < 1.29 is 13.2 Å². The number of sulfonamides is 1. The monoisotopic (exact) mass is 493 g/mol. The fourth-order valence-corrected chi connectivity index (χ4v) is 5.70. The highest BCUT2D eigenvalue weighted by atomic mass is 79.9. The van der Waals surface area contributed by atoms with Gasteiger partial charge in [0.1, 0.15) is 9.90 Å². The molecule has 8 nitrogen and oxygen atoms in total. The van der Waals surface area contributed by atoms with Gasteiger partial charge < -0.3 is 0 Å². The van der Waals surface area contributed by atoms with E-state index in [1.165, 1.54) is 21.7 Å². The lowest BCUT2D eigenvalue weighted by atomic mass is 10.3. The van der Waals surface area contributed by atoms with Crippen LogP contribution < -0.4 is 5.32 Å². The van der Waals surface area contributed by atoms with E-state index in [2.05, 4.69) is 31.4 Å². The fraction of sp³-hybridized carbons (Fsp3) is 0.400. The number of nitrogens with zero attached hydrogens (tertiary/aromatic N) is 4. The molecule has 0 radical (unpaired) electrons. The zero-order valence-corrected chi connectivity index (χ0v) is 18.3. The van der Waals surface area contributed by atoms with E-state index in [0.717, 1.165) is 5.01 Å². The summed E-state index contributed by atoms with van der Waals surface area (Å²) in [5.41, 5.74) is 0. The molecule has 1 fully saturated rings. The highest BCUT2D eigenvalue weighted by molar-refractivity contribution is 9.10. The van der Waals surface area contributed by atoms with E-state index in [0.29, 0.717) is 35.8 Å². The normalized spacial score (nSPS) is 16.4. The second-order valence-electron chi connectivity index (χ2n) is 5.93. The lowest BCUT2D eigenvalue weighted by molar-refractivity contribution is -0.117. The lowest BCUT2D eigenvalue weighted by Crippen LogP contribution is -2.50. The largest absolute Gasteiger partial charge is 0.299 e. The Kier molecular flexibility index (Phi) is 6.49. The summed E-state index contributed by atoms with van der Waals surface area (Å²) < 4.78 is 27.7. The molecule has 2 aromatic rings. The second kappa shape index (κ2) is 8.50. The first-order valence-electron chi connectivity index (χ1n) is 8.03. The molecule has 0 spiro atoms. The maximum Gasteiger partial charge on any atom is 0.244 e. The van der Waals surface area contributed by atoms with Crippen molar-refractivity contribution in [1.82, 2.24) is 19.4 Å². The van der Waals surface area contributed by atoms with Crippen molar-refractivity contribution in [2.45, 2.75) is 11.8 Å². The van der Waals surface area contributed by atoms with Gasteiger partial charge in [0.2, 0.25) is 21.1 Å². The molecule has 2 heterocycles. The van der Waals surface area contributed by atoms with Gasteiger partial charge in [-0.05, 0) is 25.1 Å². The van der Waals surface area contributed by atoms with Crippen LogP contribution in [0.15, 0.2) is 27.6 Å². The molecule has 1 aliphatic rings. The maximum atomic E-state index is 12.8. The van der Waals surface area contributed by atoms with Gasteiger partial charge in [0.25, 0.3) is 0 Å². The summed E-state index contributed by atoms with van der Waals surface area (Å²) >= 11 is 10.7. The van der Waals surface area contributed by atoms with E-state index in [4.69, 9.17) is 11.6 Å². The SMILES string of the molecule is Cc1nnc(NC(=O)CN2CCN(S(=O)(=O)c3ccc(Br)cc3Cl)CC2)s1. The molecule has 0 saturated carbocycles. The van der Waals surface area contributed by atoms with Crippen molar-refractivity contribution in [3.05, 3.63) is 32.7 Å². The molecule has 0 bridgehead atoms. The van der Waals surface area contributed by atoms with Crippen LogP contribution in [0.3, 0.4) is 0 Å². The molecular weight excluding hydrogens is 478 g/mol. The van der Waals surface area contributed by atoms with Gasteiger partial charge in [-0.25, -0.2) is 8.42 Å². The predicted molar refractivity (Wildman–Crippen MR) is 108 cm³/mol. The number of halogens is 2. The minimum absolute atomic E-state index is 0.0881.